The number of anilines is 1. The maximum absolute atomic E-state index is 12.8. The summed E-state index contributed by atoms with van der Waals surface area (Å²) in [5.41, 5.74) is 3.95. The van der Waals surface area contributed by atoms with Gasteiger partial charge in [-0.15, -0.1) is 0 Å². The van der Waals surface area contributed by atoms with Crippen LogP contribution in [0.5, 0.6) is 5.75 Å². The summed E-state index contributed by atoms with van der Waals surface area (Å²) in [5, 5.41) is 5.83. The Balaban J connectivity index is 1.66. The lowest BCUT2D eigenvalue weighted by Gasteiger charge is -2.22. The number of hydrogen-bond donors (Lipinski definition) is 2. The first-order valence-electron chi connectivity index (χ1n) is 9.94. The zero-order valence-corrected chi connectivity index (χ0v) is 16.7. The number of aryl methyl sites for hydroxylation is 2. The van der Waals surface area contributed by atoms with Gasteiger partial charge in [0.1, 0.15) is 11.8 Å². The summed E-state index contributed by atoms with van der Waals surface area (Å²) in [4.78, 5) is 25.4. The normalized spacial score (nSPS) is 13.7. The molecule has 2 N–H and O–H groups in total. The van der Waals surface area contributed by atoms with Gasteiger partial charge in [0.2, 0.25) is 5.91 Å². The monoisotopic (exact) mass is 380 g/mol. The topological polar surface area (TPSA) is 67.4 Å². The lowest BCUT2D eigenvalue weighted by Crippen LogP contribution is -2.47. The van der Waals surface area contributed by atoms with E-state index in [1.165, 1.54) is 17.5 Å². The van der Waals surface area contributed by atoms with Crippen molar-refractivity contribution in [2.24, 2.45) is 5.92 Å². The zero-order chi connectivity index (χ0) is 20.1. The molecule has 0 spiro atoms. The molecule has 148 valence electrons. The van der Waals surface area contributed by atoms with Crippen LogP contribution in [-0.4, -0.2) is 24.5 Å². The van der Waals surface area contributed by atoms with Crippen LogP contribution in [-0.2, 0) is 17.6 Å². The second-order valence-corrected chi connectivity index (χ2v) is 7.48. The van der Waals surface area contributed by atoms with Gasteiger partial charge >= 0.3 is 0 Å². The van der Waals surface area contributed by atoms with E-state index >= 15 is 0 Å². The third kappa shape index (κ3) is 4.71. The van der Waals surface area contributed by atoms with Gasteiger partial charge in [-0.05, 0) is 79.6 Å². The second kappa shape index (κ2) is 8.91. The molecule has 2 aromatic rings. The van der Waals surface area contributed by atoms with Gasteiger partial charge in [-0.1, -0.05) is 19.9 Å². The van der Waals surface area contributed by atoms with E-state index in [0.717, 1.165) is 18.5 Å². The highest BCUT2D eigenvalue weighted by Crippen LogP contribution is 2.25. The summed E-state index contributed by atoms with van der Waals surface area (Å²) in [5.74, 6) is 0.202. The average molecular weight is 380 g/mol. The predicted molar refractivity (Wildman–Crippen MR) is 111 cm³/mol. The van der Waals surface area contributed by atoms with E-state index < -0.39 is 6.04 Å². The summed E-state index contributed by atoms with van der Waals surface area (Å²) < 4.78 is 5.40. The summed E-state index contributed by atoms with van der Waals surface area (Å²) in [6, 6.07) is 12.4. The molecule has 0 fully saturated rings. The molecule has 28 heavy (non-hydrogen) atoms. The largest absolute Gasteiger partial charge is 0.494 e. The van der Waals surface area contributed by atoms with Crippen LogP contribution in [0.15, 0.2) is 42.5 Å². The van der Waals surface area contributed by atoms with Crippen LogP contribution in [0.1, 0.15) is 48.7 Å². The van der Waals surface area contributed by atoms with Crippen LogP contribution in [0, 0.1) is 5.92 Å². The summed E-state index contributed by atoms with van der Waals surface area (Å²) in [6.07, 6.45) is 3.33. The van der Waals surface area contributed by atoms with Gasteiger partial charge in [0, 0.05) is 11.3 Å². The Hall–Kier alpha value is -2.82. The fourth-order valence-electron chi connectivity index (χ4n) is 3.50. The summed E-state index contributed by atoms with van der Waals surface area (Å²) >= 11 is 0. The van der Waals surface area contributed by atoms with Crippen LogP contribution < -0.4 is 15.4 Å². The number of carbonyl (C=O) groups is 2. The van der Waals surface area contributed by atoms with E-state index in [9.17, 15) is 9.59 Å². The summed E-state index contributed by atoms with van der Waals surface area (Å²) in [6.45, 7) is 6.33. The molecule has 2 aromatic carbocycles. The molecule has 5 heteroatoms. The minimum atomic E-state index is -0.618. The smallest absolute Gasteiger partial charge is 0.251 e. The van der Waals surface area contributed by atoms with Crippen molar-refractivity contribution < 1.29 is 14.3 Å². The predicted octanol–water partition coefficient (Wildman–Crippen LogP) is 3.97. The van der Waals surface area contributed by atoms with E-state index in [0.29, 0.717) is 17.9 Å². The molecule has 0 radical (unpaired) electrons. The number of carbonyl (C=O) groups excluding carboxylic acids is 2. The molecular formula is C23H28N2O3. The molecule has 0 unspecified atom stereocenters. The van der Waals surface area contributed by atoms with Crippen LogP contribution in [0.3, 0.4) is 0 Å². The first-order valence-corrected chi connectivity index (χ1v) is 9.94. The van der Waals surface area contributed by atoms with Crippen molar-refractivity contribution in [3.8, 4) is 5.75 Å². The molecule has 5 nitrogen and oxygen atoms in total. The third-order valence-corrected chi connectivity index (χ3v) is 5.03. The number of benzene rings is 2. The third-order valence-electron chi connectivity index (χ3n) is 5.03. The molecule has 0 saturated carbocycles. The first kappa shape index (κ1) is 19.9. The van der Waals surface area contributed by atoms with Gasteiger partial charge in [0.25, 0.3) is 5.91 Å². The minimum Gasteiger partial charge on any atom is -0.494 e. The molecule has 1 aliphatic carbocycles. The minimum absolute atomic E-state index is 0.0407. The van der Waals surface area contributed by atoms with Crippen LogP contribution in [0.2, 0.25) is 0 Å². The van der Waals surface area contributed by atoms with E-state index in [-0.39, 0.29) is 17.7 Å². The Morgan fingerprint density at radius 3 is 2.43 bits per heavy atom. The number of hydrogen-bond acceptors (Lipinski definition) is 3. The number of nitrogens with one attached hydrogen (secondary N) is 2. The lowest BCUT2D eigenvalue weighted by atomic mass is 10.0. The van der Waals surface area contributed by atoms with Crippen molar-refractivity contribution in [2.75, 3.05) is 11.9 Å². The quantitative estimate of drug-likeness (QED) is 0.764. The second-order valence-electron chi connectivity index (χ2n) is 7.48. The molecule has 0 heterocycles. The van der Waals surface area contributed by atoms with Crippen molar-refractivity contribution in [1.29, 1.82) is 0 Å². The van der Waals surface area contributed by atoms with Gasteiger partial charge in [0.05, 0.1) is 6.61 Å². The molecule has 2 amide bonds. The highest BCUT2D eigenvalue weighted by molar-refractivity contribution is 6.01. The van der Waals surface area contributed by atoms with Gasteiger partial charge < -0.3 is 15.4 Å². The lowest BCUT2D eigenvalue weighted by molar-refractivity contribution is -0.118. The zero-order valence-electron chi connectivity index (χ0n) is 16.7. The number of ether oxygens (including phenoxy) is 1. The van der Waals surface area contributed by atoms with E-state index in [1.807, 2.05) is 32.9 Å². The van der Waals surface area contributed by atoms with Crippen LogP contribution >= 0.6 is 0 Å². The molecule has 0 saturated heterocycles. The van der Waals surface area contributed by atoms with Crippen molar-refractivity contribution in [3.05, 3.63) is 59.2 Å². The molecule has 0 aromatic heterocycles. The first-order chi connectivity index (χ1) is 13.5. The average Bonchev–Trinajstić information content (AvgIpc) is 3.14. The molecule has 0 aliphatic heterocycles. The number of rotatable bonds is 7. The van der Waals surface area contributed by atoms with Gasteiger partial charge in [-0.2, -0.15) is 0 Å². The summed E-state index contributed by atoms with van der Waals surface area (Å²) in [7, 11) is 0. The maximum atomic E-state index is 12.8. The Kier molecular flexibility index (Phi) is 6.34. The Labute approximate surface area is 166 Å². The fourth-order valence-corrected chi connectivity index (χ4v) is 3.50. The van der Waals surface area contributed by atoms with E-state index in [2.05, 4.69) is 16.7 Å². The van der Waals surface area contributed by atoms with Crippen molar-refractivity contribution in [2.45, 2.75) is 46.1 Å². The fraction of sp³-hybridized carbons (Fsp3) is 0.391. The molecular weight excluding hydrogens is 352 g/mol. The van der Waals surface area contributed by atoms with Crippen molar-refractivity contribution in [3.63, 3.8) is 0 Å². The number of fused-ring (bicyclic) bond motifs is 1. The Morgan fingerprint density at radius 1 is 1.04 bits per heavy atom. The molecule has 0 bridgehead atoms. The van der Waals surface area contributed by atoms with Gasteiger partial charge in [-0.25, -0.2) is 0 Å². The molecule has 1 aliphatic rings. The standard InChI is InChI=1S/C23H28N2O3/c1-4-28-20-12-9-17(10-13-20)22(26)25-21(15(2)3)23(27)24-19-11-8-16-6-5-7-18(16)14-19/h8-15,21H,4-7H2,1-3H3,(H,24,27)(H,25,26)/t21-/m1/s1. The maximum Gasteiger partial charge on any atom is 0.251 e. The van der Waals surface area contributed by atoms with E-state index in [4.69, 9.17) is 4.74 Å². The SMILES string of the molecule is CCOc1ccc(C(=O)N[C@@H](C(=O)Nc2ccc3c(c2)CCC3)C(C)C)cc1. The highest BCUT2D eigenvalue weighted by Gasteiger charge is 2.25. The number of amides is 2. The van der Waals surface area contributed by atoms with Crippen molar-refractivity contribution >= 4 is 17.5 Å². The molecule has 1 atom stereocenters. The molecule has 3 rings (SSSR count). The van der Waals surface area contributed by atoms with E-state index in [1.54, 1.807) is 24.3 Å². The van der Waals surface area contributed by atoms with Gasteiger partial charge in [0.15, 0.2) is 0 Å². The van der Waals surface area contributed by atoms with Crippen LogP contribution in [0.25, 0.3) is 0 Å². The van der Waals surface area contributed by atoms with Crippen LogP contribution in [0.4, 0.5) is 5.69 Å². The Bertz CT molecular complexity index is 843. The highest BCUT2D eigenvalue weighted by atomic mass is 16.5. The Morgan fingerprint density at radius 2 is 1.75 bits per heavy atom. The van der Waals surface area contributed by atoms with Gasteiger partial charge in [-0.3, -0.25) is 9.59 Å². The van der Waals surface area contributed by atoms with Crippen molar-refractivity contribution in [1.82, 2.24) is 5.32 Å².